The zero-order valence-corrected chi connectivity index (χ0v) is 12.3. The molecule has 2 heterocycles. The summed E-state index contributed by atoms with van der Waals surface area (Å²) >= 11 is 0. The van der Waals surface area contributed by atoms with Crippen molar-refractivity contribution in [3.63, 3.8) is 0 Å². The molecule has 5 heteroatoms. The highest BCUT2D eigenvalue weighted by Gasteiger charge is 2.33. The summed E-state index contributed by atoms with van der Waals surface area (Å²) in [7, 11) is 0. The third-order valence-electron chi connectivity index (χ3n) is 3.97. The predicted molar refractivity (Wildman–Crippen MR) is 80.1 cm³/mol. The van der Waals surface area contributed by atoms with Crippen molar-refractivity contribution >= 4 is 11.8 Å². The number of carbonyl (C=O) groups is 2. The molecule has 0 spiro atoms. The Balaban J connectivity index is 1.92. The smallest absolute Gasteiger partial charge is 0.355 e. The maximum absolute atomic E-state index is 12.4. The summed E-state index contributed by atoms with van der Waals surface area (Å²) in [5.74, 6) is 0.362. The minimum Gasteiger partial charge on any atom is -0.469 e. The van der Waals surface area contributed by atoms with Crippen LogP contribution in [0.4, 0.5) is 0 Å². The first kappa shape index (κ1) is 14.4. The number of ketones is 1. The molecule has 0 bridgehead atoms. The largest absolute Gasteiger partial charge is 0.469 e. The molecule has 0 aromatic carbocycles. The van der Waals surface area contributed by atoms with Crippen molar-refractivity contribution in [1.82, 2.24) is 4.98 Å². The Kier molecular flexibility index (Phi) is 3.71. The van der Waals surface area contributed by atoms with Crippen LogP contribution >= 0.6 is 0 Å². The fraction of sp³-hybridized carbons (Fsp3) is 0.294. The highest BCUT2D eigenvalue weighted by molar-refractivity contribution is 6.03. The van der Waals surface area contributed by atoms with Crippen molar-refractivity contribution in [2.24, 2.45) is 0 Å². The van der Waals surface area contributed by atoms with Crippen LogP contribution in [0.3, 0.4) is 0 Å². The first-order valence-electron chi connectivity index (χ1n) is 7.17. The molecule has 1 N–H and O–H groups in total. The zero-order chi connectivity index (χ0) is 15.7. The quantitative estimate of drug-likeness (QED) is 0.695. The van der Waals surface area contributed by atoms with E-state index in [1.54, 1.807) is 13.2 Å². The van der Waals surface area contributed by atoms with Crippen LogP contribution in [0.15, 0.2) is 35.5 Å². The molecule has 114 valence electrons. The molecule has 22 heavy (non-hydrogen) atoms. The van der Waals surface area contributed by atoms with Crippen molar-refractivity contribution in [3.05, 3.63) is 59.3 Å². The minimum absolute atomic E-state index is 0.00472. The van der Waals surface area contributed by atoms with E-state index in [2.05, 4.69) is 11.6 Å². The van der Waals surface area contributed by atoms with Crippen LogP contribution in [0.5, 0.6) is 0 Å². The maximum atomic E-state index is 12.4. The van der Waals surface area contributed by atoms with E-state index in [0.717, 1.165) is 11.5 Å². The van der Waals surface area contributed by atoms with Gasteiger partial charge in [0.2, 0.25) is 0 Å². The number of Topliss-reactive ketones (excluding diaryl/α,β-unsaturated/α-hetero) is 1. The zero-order valence-electron chi connectivity index (χ0n) is 12.3. The summed E-state index contributed by atoms with van der Waals surface area (Å²) in [6.45, 7) is 5.42. The Morgan fingerprint density at radius 3 is 3.05 bits per heavy atom. The van der Waals surface area contributed by atoms with E-state index in [1.807, 2.05) is 12.1 Å². The summed E-state index contributed by atoms with van der Waals surface area (Å²) in [6, 6.07) is 3.69. The number of H-pyrrole nitrogens is 1. The first-order valence-corrected chi connectivity index (χ1v) is 7.17. The van der Waals surface area contributed by atoms with E-state index in [4.69, 9.17) is 9.15 Å². The lowest BCUT2D eigenvalue weighted by molar-refractivity contribution is 0.0542. The third kappa shape index (κ3) is 2.39. The number of hydrogen-bond donors (Lipinski definition) is 1. The van der Waals surface area contributed by atoms with E-state index >= 15 is 0 Å². The third-order valence-corrected chi connectivity index (χ3v) is 3.97. The lowest BCUT2D eigenvalue weighted by Gasteiger charge is -2.19. The van der Waals surface area contributed by atoms with Crippen molar-refractivity contribution in [1.29, 1.82) is 0 Å². The number of fused-ring (bicyclic) bond motifs is 1. The highest BCUT2D eigenvalue weighted by Crippen LogP contribution is 2.35. The number of aromatic nitrogens is 1. The first-order chi connectivity index (χ1) is 10.6. The summed E-state index contributed by atoms with van der Waals surface area (Å²) < 4.78 is 10.5. The molecule has 0 fully saturated rings. The number of rotatable bonds is 4. The van der Waals surface area contributed by atoms with Gasteiger partial charge >= 0.3 is 5.97 Å². The number of hydrogen-bond acceptors (Lipinski definition) is 4. The molecule has 0 radical (unpaired) electrons. The summed E-state index contributed by atoms with van der Waals surface area (Å²) in [5, 5.41) is 0. The van der Waals surface area contributed by atoms with Crippen LogP contribution in [-0.4, -0.2) is 23.3 Å². The SMILES string of the molecule is C=CCOC(=O)c1[nH]c2c(c1C)C(=O)C[C@H](c1ccco1)C2. The van der Waals surface area contributed by atoms with Gasteiger partial charge in [-0.3, -0.25) is 4.79 Å². The average Bonchev–Trinajstić information content (AvgIpc) is 3.13. The molecule has 0 aliphatic heterocycles. The van der Waals surface area contributed by atoms with Gasteiger partial charge in [-0.05, 0) is 31.0 Å². The maximum Gasteiger partial charge on any atom is 0.355 e. The summed E-state index contributed by atoms with van der Waals surface area (Å²) in [6.07, 6.45) is 4.14. The molecule has 0 unspecified atom stereocenters. The molecule has 0 saturated carbocycles. The lowest BCUT2D eigenvalue weighted by Crippen LogP contribution is -2.18. The summed E-state index contributed by atoms with van der Waals surface area (Å²) in [4.78, 5) is 27.5. The minimum atomic E-state index is -0.464. The van der Waals surface area contributed by atoms with Crippen molar-refractivity contribution in [3.8, 4) is 0 Å². The second-order valence-electron chi connectivity index (χ2n) is 5.41. The number of aromatic amines is 1. The fourth-order valence-electron chi connectivity index (χ4n) is 2.97. The van der Waals surface area contributed by atoms with Crippen LogP contribution < -0.4 is 0 Å². The van der Waals surface area contributed by atoms with E-state index < -0.39 is 5.97 Å². The topological polar surface area (TPSA) is 72.3 Å². The Morgan fingerprint density at radius 1 is 1.55 bits per heavy atom. The number of carbonyl (C=O) groups excluding carboxylic acids is 2. The van der Waals surface area contributed by atoms with Gasteiger partial charge in [-0.25, -0.2) is 4.79 Å². The van der Waals surface area contributed by atoms with Crippen LogP contribution in [0.1, 0.15) is 50.2 Å². The monoisotopic (exact) mass is 299 g/mol. The predicted octanol–water partition coefficient (Wildman–Crippen LogP) is 3.17. The van der Waals surface area contributed by atoms with Gasteiger partial charge in [0.05, 0.1) is 6.26 Å². The molecule has 2 aromatic rings. The molecular weight excluding hydrogens is 282 g/mol. The van der Waals surface area contributed by atoms with Crippen LogP contribution in [0.25, 0.3) is 0 Å². The lowest BCUT2D eigenvalue weighted by atomic mass is 9.84. The van der Waals surface area contributed by atoms with Gasteiger partial charge in [-0.1, -0.05) is 12.7 Å². The van der Waals surface area contributed by atoms with E-state index in [1.165, 1.54) is 6.08 Å². The molecule has 2 aromatic heterocycles. The Labute approximate surface area is 128 Å². The molecule has 1 aliphatic rings. The van der Waals surface area contributed by atoms with Crippen molar-refractivity contribution < 1.29 is 18.7 Å². The number of furan rings is 1. The Bertz CT molecular complexity index is 724. The molecular formula is C17H17NO4. The Hall–Kier alpha value is -2.56. The number of nitrogens with one attached hydrogen (secondary N) is 1. The molecule has 0 saturated heterocycles. The van der Waals surface area contributed by atoms with E-state index in [0.29, 0.717) is 29.7 Å². The van der Waals surface area contributed by atoms with Gasteiger partial charge < -0.3 is 14.1 Å². The number of ether oxygens (including phenoxy) is 1. The molecule has 1 aliphatic carbocycles. The van der Waals surface area contributed by atoms with Crippen LogP contribution in [0.2, 0.25) is 0 Å². The van der Waals surface area contributed by atoms with Crippen molar-refractivity contribution in [2.45, 2.75) is 25.7 Å². The molecule has 5 nitrogen and oxygen atoms in total. The standard InChI is InChI=1S/C17H17NO4/c1-3-6-22-17(20)16-10(2)15-12(18-16)8-11(9-13(15)19)14-5-4-7-21-14/h3-5,7,11,18H,1,6,8-9H2,2H3/t11-/m1/s1. The van der Waals surface area contributed by atoms with Gasteiger partial charge in [0.1, 0.15) is 18.1 Å². The van der Waals surface area contributed by atoms with Gasteiger partial charge in [0, 0.05) is 23.6 Å². The van der Waals surface area contributed by atoms with Crippen LogP contribution in [0, 0.1) is 6.92 Å². The van der Waals surface area contributed by atoms with E-state index in [-0.39, 0.29) is 18.3 Å². The fourth-order valence-corrected chi connectivity index (χ4v) is 2.97. The second-order valence-corrected chi connectivity index (χ2v) is 5.41. The van der Waals surface area contributed by atoms with Crippen LogP contribution in [-0.2, 0) is 11.2 Å². The van der Waals surface area contributed by atoms with Crippen molar-refractivity contribution in [2.75, 3.05) is 6.61 Å². The molecule has 0 amide bonds. The van der Waals surface area contributed by atoms with Gasteiger partial charge in [-0.15, -0.1) is 0 Å². The molecule has 1 atom stereocenters. The van der Waals surface area contributed by atoms with E-state index in [9.17, 15) is 9.59 Å². The average molecular weight is 299 g/mol. The normalized spacial score (nSPS) is 17.1. The van der Waals surface area contributed by atoms with Gasteiger partial charge in [-0.2, -0.15) is 0 Å². The summed E-state index contributed by atoms with van der Waals surface area (Å²) in [5.41, 5.74) is 2.40. The Morgan fingerprint density at radius 2 is 2.36 bits per heavy atom. The highest BCUT2D eigenvalue weighted by atomic mass is 16.5. The second kappa shape index (κ2) is 5.67. The molecule has 3 rings (SSSR count). The van der Waals surface area contributed by atoms with Gasteiger partial charge in [0.15, 0.2) is 5.78 Å². The number of esters is 1. The van der Waals surface area contributed by atoms with Gasteiger partial charge in [0.25, 0.3) is 0 Å².